The Balaban J connectivity index is 3.06. The number of thiophene rings is 1. The highest BCUT2D eigenvalue weighted by Gasteiger charge is 2.14. The summed E-state index contributed by atoms with van der Waals surface area (Å²) in [5.74, 6) is -0.984. The van der Waals surface area contributed by atoms with Gasteiger partial charge >= 0.3 is 5.97 Å². The SMILES string of the molecule is CC(O)c1sccc1C(=O)O. The normalized spacial score (nSPS) is 12.9. The molecule has 60 valence electrons. The van der Waals surface area contributed by atoms with Crippen LogP contribution >= 0.6 is 11.3 Å². The Morgan fingerprint density at radius 1 is 1.73 bits per heavy atom. The van der Waals surface area contributed by atoms with Crippen LogP contribution in [0.1, 0.15) is 28.3 Å². The van der Waals surface area contributed by atoms with Crippen LogP contribution in [0.2, 0.25) is 0 Å². The second kappa shape index (κ2) is 3.02. The highest BCUT2D eigenvalue weighted by Crippen LogP contribution is 2.23. The Kier molecular flexibility index (Phi) is 2.26. The van der Waals surface area contributed by atoms with Crippen molar-refractivity contribution in [2.75, 3.05) is 0 Å². The Morgan fingerprint density at radius 2 is 2.36 bits per heavy atom. The highest BCUT2D eigenvalue weighted by molar-refractivity contribution is 7.10. The van der Waals surface area contributed by atoms with Crippen molar-refractivity contribution in [1.82, 2.24) is 0 Å². The molecule has 0 saturated carbocycles. The van der Waals surface area contributed by atoms with Crippen LogP contribution in [0.4, 0.5) is 0 Å². The molecule has 2 N–H and O–H groups in total. The van der Waals surface area contributed by atoms with Gasteiger partial charge in [0.2, 0.25) is 0 Å². The van der Waals surface area contributed by atoms with Gasteiger partial charge in [-0.1, -0.05) is 0 Å². The van der Waals surface area contributed by atoms with E-state index < -0.39 is 12.1 Å². The van der Waals surface area contributed by atoms with Crippen LogP contribution in [-0.4, -0.2) is 16.2 Å². The topological polar surface area (TPSA) is 57.5 Å². The molecule has 1 aromatic heterocycles. The van der Waals surface area contributed by atoms with E-state index in [0.717, 1.165) is 0 Å². The first-order valence-electron chi connectivity index (χ1n) is 3.11. The number of aromatic carboxylic acids is 1. The first-order valence-corrected chi connectivity index (χ1v) is 3.99. The molecule has 3 nitrogen and oxygen atoms in total. The van der Waals surface area contributed by atoms with Crippen molar-refractivity contribution in [3.63, 3.8) is 0 Å². The summed E-state index contributed by atoms with van der Waals surface area (Å²) in [6, 6.07) is 1.50. The fraction of sp³-hybridized carbons (Fsp3) is 0.286. The molecular weight excluding hydrogens is 164 g/mol. The van der Waals surface area contributed by atoms with Gasteiger partial charge in [-0.3, -0.25) is 0 Å². The van der Waals surface area contributed by atoms with Gasteiger partial charge in [-0.05, 0) is 18.4 Å². The number of aliphatic hydroxyl groups is 1. The van der Waals surface area contributed by atoms with Gasteiger partial charge in [0.1, 0.15) is 0 Å². The quantitative estimate of drug-likeness (QED) is 0.710. The average Bonchev–Trinajstić information content (AvgIpc) is 2.32. The van der Waals surface area contributed by atoms with Crippen molar-refractivity contribution in [2.24, 2.45) is 0 Å². The van der Waals surface area contributed by atoms with E-state index in [2.05, 4.69) is 0 Å². The number of rotatable bonds is 2. The Morgan fingerprint density at radius 3 is 2.73 bits per heavy atom. The van der Waals surface area contributed by atoms with Crippen molar-refractivity contribution in [1.29, 1.82) is 0 Å². The highest BCUT2D eigenvalue weighted by atomic mass is 32.1. The largest absolute Gasteiger partial charge is 0.478 e. The van der Waals surface area contributed by atoms with Crippen LogP contribution in [-0.2, 0) is 0 Å². The molecule has 11 heavy (non-hydrogen) atoms. The maximum absolute atomic E-state index is 10.5. The third-order valence-electron chi connectivity index (χ3n) is 1.31. The maximum atomic E-state index is 10.5. The third-order valence-corrected chi connectivity index (χ3v) is 2.39. The van der Waals surface area contributed by atoms with Gasteiger partial charge in [0.05, 0.1) is 11.7 Å². The smallest absolute Gasteiger partial charge is 0.336 e. The summed E-state index contributed by atoms with van der Waals surface area (Å²) in [4.78, 5) is 11.0. The molecule has 1 atom stereocenters. The molecule has 0 spiro atoms. The number of carboxylic acids is 1. The first kappa shape index (κ1) is 8.23. The van der Waals surface area contributed by atoms with Gasteiger partial charge in [0, 0.05) is 4.88 Å². The van der Waals surface area contributed by atoms with Gasteiger partial charge in [-0.25, -0.2) is 4.79 Å². The van der Waals surface area contributed by atoms with E-state index in [-0.39, 0.29) is 5.56 Å². The Labute approximate surface area is 67.9 Å². The molecule has 1 rings (SSSR count). The van der Waals surface area contributed by atoms with Gasteiger partial charge in [-0.2, -0.15) is 0 Å². The predicted molar refractivity (Wildman–Crippen MR) is 41.9 cm³/mol. The zero-order chi connectivity index (χ0) is 8.43. The summed E-state index contributed by atoms with van der Waals surface area (Å²) in [5, 5.41) is 19.3. The van der Waals surface area contributed by atoms with Gasteiger partial charge in [0.15, 0.2) is 0 Å². The zero-order valence-corrected chi connectivity index (χ0v) is 6.76. The summed E-state index contributed by atoms with van der Waals surface area (Å²) < 4.78 is 0. The Hall–Kier alpha value is -0.870. The molecule has 4 heteroatoms. The minimum absolute atomic E-state index is 0.199. The van der Waals surface area contributed by atoms with Crippen LogP contribution in [0.15, 0.2) is 11.4 Å². The van der Waals surface area contributed by atoms with Crippen LogP contribution in [0.5, 0.6) is 0 Å². The fourth-order valence-corrected chi connectivity index (χ4v) is 1.65. The maximum Gasteiger partial charge on any atom is 0.336 e. The summed E-state index contributed by atoms with van der Waals surface area (Å²) in [5.41, 5.74) is 0.199. The average molecular weight is 172 g/mol. The van der Waals surface area contributed by atoms with Crippen LogP contribution < -0.4 is 0 Å². The van der Waals surface area contributed by atoms with Gasteiger partial charge in [-0.15, -0.1) is 11.3 Å². The minimum atomic E-state index is -0.984. The molecule has 0 bridgehead atoms. The Bertz CT molecular complexity index is 264. The third kappa shape index (κ3) is 1.58. The van der Waals surface area contributed by atoms with Crippen LogP contribution in [0.3, 0.4) is 0 Å². The lowest BCUT2D eigenvalue weighted by molar-refractivity contribution is 0.0691. The van der Waals surface area contributed by atoms with Crippen molar-refractivity contribution < 1.29 is 15.0 Å². The van der Waals surface area contributed by atoms with E-state index in [1.165, 1.54) is 17.4 Å². The fourth-order valence-electron chi connectivity index (χ4n) is 0.821. The monoisotopic (exact) mass is 172 g/mol. The molecule has 0 aliphatic rings. The molecular formula is C7H8O3S. The molecule has 0 aromatic carbocycles. The van der Waals surface area contributed by atoms with E-state index in [0.29, 0.717) is 4.88 Å². The second-order valence-corrected chi connectivity index (χ2v) is 3.13. The van der Waals surface area contributed by atoms with Crippen molar-refractivity contribution >= 4 is 17.3 Å². The summed E-state index contributed by atoms with van der Waals surface area (Å²) >= 11 is 1.26. The molecule has 0 aliphatic carbocycles. The summed E-state index contributed by atoms with van der Waals surface area (Å²) in [6.45, 7) is 1.55. The standard InChI is InChI=1S/C7H8O3S/c1-4(8)6-5(7(9)10)2-3-11-6/h2-4,8H,1H3,(H,9,10). The lowest BCUT2D eigenvalue weighted by Gasteiger charge is -2.00. The number of carboxylic acid groups (broad SMARTS) is 1. The lowest BCUT2D eigenvalue weighted by Crippen LogP contribution is -2.00. The van der Waals surface area contributed by atoms with Crippen molar-refractivity contribution in [3.05, 3.63) is 21.9 Å². The number of carbonyl (C=O) groups is 1. The molecule has 0 saturated heterocycles. The van der Waals surface area contributed by atoms with E-state index >= 15 is 0 Å². The molecule has 0 aliphatic heterocycles. The molecule has 0 radical (unpaired) electrons. The van der Waals surface area contributed by atoms with E-state index in [1.54, 1.807) is 12.3 Å². The van der Waals surface area contributed by atoms with Crippen molar-refractivity contribution in [2.45, 2.75) is 13.0 Å². The molecule has 0 amide bonds. The van der Waals surface area contributed by atoms with Crippen molar-refractivity contribution in [3.8, 4) is 0 Å². The van der Waals surface area contributed by atoms with E-state index in [1.807, 2.05) is 0 Å². The first-order chi connectivity index (χ1) is 5.13. The summed E-state index contributed by atoms with van der Waals surface area (Å²) in [7, 11) is 0. The number of aliphatic hydroxyl groups excluding tert-OH is 1. The van der Waals surface area contributed by atoms with Crippen LogP contribution in [0.25, 0.3) is 0 Å². The summed E-state index contributed by atoms with van der Waals surface area (Å²) in [6.07, 6.45) is -0.693. The number of hydrogen-bond donors (Lipinski definition) is 2. The second-order valence-electron chi connectivity index (χ2n) is 2.18. The zero-order valence-electron chi connectivity index (χ0n) is 5.94. The van der Waals surface area contributed by atoms with E-state index in [4.69, 9.17) is 10.2 Å². The van der Waals surface area contributed by atoms with Gasteiger partial charge in [0.25, 0.3) is 0 Å². The number of hydrogen-bond acceptors (Lipinski definition) is 3. The minimum Gasteiger partial charge on any atom is -0.478 e. The molecule has 1 unspecified atom stereocenters. The lowest BCUT2D eigenvalue weighted by atomic mass is 10.2. The van der Waals surface area contributed by atoms with Crippen LogP contribution in [0, 0.1) is 0 Å². The van der Waals surface area contributed by atoms with Gasteiger partial charge < -0.3 is 10.2 Å². The predicted octanol–water partition coefficient (Wildman–Crippen LogP) is 1.50. The van der Waals surface area contributed by atoms with E-state index in [9.17, 15) is 4.79 Å². The molecule has 0 fully saturated rings. The molecule has 1 aromatic rings. The molecule has 1 heterocycles.